The van der Waals surface area contributed by atoms with E-state index in [0.29, 0.717) is 25.8 Å². The molecular weight excluding hydrogens is 462 g/mol. The van der Waals surface area contributed by atoms with Crippen LogP contribution in [0.5, 0.6) is 0 Å². The Bertz CT molecular complexity index is 761. The predicted octanol–water partition coefficient (Wildman–Crippen LogP) is 4.06. The van der Waals surface area contributed by atoms with Gasteiger partial charge in [-0.3, -0.25) is 14.4 Å². The van der Waals surface area contributed by atoms with Crippen LogP contribution in [0.25, 0.3) is 0 Å². The van der Waals surface area contributed by atoms with Gasteiger partial charge in [-0.1, -0.05) is 88.6 Å². The summed E-state index contributed by atoms with van der Waals surface area (Å²) in [7, 11) is 0. The summed E-state index contributed by atoms with van der Waals surface area (Å²) in [5.74, 6) is -3.53. The van der Waals surface area contributed by atoms with Crippen molar-refractivity contribution >= 4 is 17.9 Å². The van der Waals surface area contributed by atoms with Gasteiger partial charge in [-0.05, 0) is 44.2 Å². The molecule has 9 heteroatoms. The van der Waals surface area contributed by atoms with Crippen molar-refractivity contribution in [2.75, 3.05) is 6.54 Å². The molecule has 1 unspecified atom stereocenters. The minimum Gasteiger partial charge on any atom is -0.480 e. The van der Waals surface area contributed by atoms with Crippen molar-refractivity contribution in [3.63, 3.8) is 0 Å². The standard InChI is InChI=1S/C27H45N3O6/c1-2-3-4-5-6-7-8-12-17-23(26(33)34)30(24(27(35)36)18-13-14-19-28)29-22(25(31)32)20-21-15-10-9-11-16-21/h9-11,15-16,22-24,29H,2-8,12-14,17-20,28H2,1H3,(H,31,32)(H,33,34)(H,35,36)/t22-,23?,24-/m0/s1. The number of nitrogens with one attached hydrogen (secondary N) is 1. The lowest BCUT2D eigenvalue weighted by Gasteiger charge is -2.36. The van der Waals surface area contributed by atoms with Gasteiger partial charge >= 0.3 is 17.9 Å². The lowest BCUT2D eigenvalue weighted by atomic mass is 10.0. The highest BCUT2D eigenvalue weighted by atomic mass is 16.4. The number of unbranched alkanes of at least 4 members (excludes halogenated alkanes) is 8. The van der Waals surface area contributed by atoms with Gasteiger partial charge in [-0.25, -0.2) is 10.4 Å². The second kappa shape index (κ2) is 18.7. The van der Waals surface area contributed by atoms with Crippen LogP contribution in [0.1, 0.15) is 89.5 Å². The molecule has 0 saturated carbocycles. The molecule has 6 N–H and O–H groups in total. The van der Waals surface area contributed by atoms with Gasteiger partial charge < -0.3 is 21.1 Å². The second-order valence-corrected chi connectivity index (χ2v) is 9.37. The first-order valence-corrected chi connectivity index (χ1v) is 13.3. The molecule has 1 aromatic rings. The van der Waals surface area contributed by atoms with Gasteiger partial charge in [0.2, 0.25) is 0 Å². The molecule has 0 aliphatic rings. The number of carboxylic acid groups (broad SMARTS) is 3. The predicted molar refractivity (Wildman–Crippen MR) is 140 cm³/mol. The van der Waals surface area contributed by atoms with Gasteiger partial charge in [0.15, 0.2) is 0 Å². The maximum Gasteiger partial charge on any atom is 0.322 e. The van der Waals surface area contributed by atoms with E-state index in [1.165, 1.54) is 24.3 Å². The molecule has 0 aliphatic heterocycles. The Balaban J connectivity index is 3.02. The second-order valence-electron chi connectivity index (χ2n) is 9.37. The molecule has 0 fully saturated rings. The van der Waals surface area contributed by atoms with Crippen LogP contribution in [0.15, 0.2) is 30.3 Å². The number of hydrogen-bond acceptors (Lipinski definition) is 6. The molecule has 3 atom stereocenters. The average molecular weight is 508 g/mol. The van der Waals surface area contributed by atoms with Gasteiger partial charge in [0.1, 0.15) is 18.1 Å². The molecule has 204 valence electrons. The minimum atomic E-state index is -1.19. The normalized spacial score (nSPS) is 13.9. The zero-order valence-corrected chi connectivity index (χ0v) is 21.6. The fraction of sp³-hybridized carbons (Fsp3) is 0.667. The Labute approximate surface area is 215 Å². The molecule has 0 radical (unpaired) electrons. The van der Waals surface area contributed by atoms with E-state index in [-0.39, 0.29) is 19.3 Å². The third-order valence-corrected chi connectivity index (χ3v) is 6.39. The first kappa shape index (κ1) is 31.5. The number of hydrogen-bond donors (Lipinski definition) is 5. The third kappa shape index (κ3) is 12.5. The highest BCUT2D eigenvalue weighted by Crippen LogP contribution is 2.19. The van der Waals surface area contributed by atoms with Gasteiger partial charge in [0.05, 0.1) is 0 Å². The van der Waals surface area contributed by atoms with E-state index in [9.17, 15) is 29.7 Å². The zero-order chi connectivity index (χ0) is 26.8. The lowest BCUT2D eigenvalue weighted by Crippen LogP contribution is -2.61. The maximum absolute atomic E-state index is 12.3. The molecule has 0 amide bonds. The Hall–Kier alpha value is -2.49. The zero-order valence-electron chi connectivity index (χ0n) is 21.6. The van der Waals surface area contributed by atoms with Crippen LogP contribution in [0.3, 0.4) is 0 Å². The first-order valence-electron chi connectivity index (χ1n) is 13.3. The molecule has 36 heavy (non-hydrogen) atoms. The maximum atomic E-state index is 12.3. The monoisotopic (exact) mass is 507 g/mol. The summed E-state index contributed by atoms with van der Waals surface area (Å²) in [6.45, 7) is 2.56. The van der Waals surface area contributed by atoms with Crippen molar-refractivity contribution in [2.45, 2.75) is 109 Å². The summed E-state index contributed by atoms with van der Waals surface area (Å²) in [5.41, 5.74) is 9.13. The Morgan fingerprint density at radius 2 is 1.28 bits per heavy atom. The molecule has 0 heterocycles. The molecular formula is C27H45N3O6. The summed E-state index contributed by atoms with van der Waals surface area (Å²) >= 11 is 0. The van der Waals surface area contributed by atoms with Crippen molar-refractivity contribution in [2.24, 2.45) is 5.73 Å². The van der Waals surface area contributed by atoms with E-state index in [4.69, 9.17) is 5.73 Å². The lowest BCUT2D eigenvalue weighted by molar-refractivity contribution is -0.158. The van der Waals surface area contributed by atoms with E-state index in [2.05, 4.69) is 12.3 Å². The van der Waals surface area contributed by atoms with Crippen molar-refractivity contribution < 1.29 is 29.7 Å². The molecule has 1 rings (SSSR count). The van der Waals surface area contributed by atoms with Gasteiger partial charge in [-0.15, -0.1) is 0 Å². The van der Waals surface area contributed by atoms with Crippen LogP contribution in [0, 0.1) is 0 Å². The number of nitrogens with two attached hydrogens (primary N) is 1. The first-order chi connectivity index (χ1) is 17.3. The molecule has 0 saturated heterocycles. The number of carboxylic acids is 3. The van der Waals surface area contributed by atoms with Crippen molar-refractivity contribution in [3.05, 3.63) is 35.9 Å². The average Bonchev–Trinajstić information content (AvgIpc) is 2.84. The summed E-state index contributed by atoms with van der Waals surface area (Å²) in [6.07, 6.45) is 9.89. The van der Waals surface area contributed by atoms with E-state index >= 15 is 0 Å². The molecule has 0 aliphatic carbocycles. The SMILES string of the molecule is CCCCCCCCCCC(C(=O)O)N(N[C@@H](Cc1ccccc1)C(=O)O)[C@@H](CCCCN)C(=O)O. The molecule has 1 aromatic carbocycles. The number of nitrogens with zero attached hydrogens (tertiary/aromatic N) is 1. The van der Waals surface area contributed by atoms with E-state index in [0.717, 1.165) is 31.2 Å². The summed E-state index contributed by atoms with van der Waals surface area (Å²) in [6, 6.07) is 5.44. The summed E-state index contributed by atoms with van der Waals surface area (Å²) in [4.78, 5) is 36.6. The molecule has 0 bridgehead atoms. The molecule has 0 spiro atoms. The van der Waals surface area contributed by atoms with E-state index in [1.54, 1.807) is 24.3 Å². The Morgan fingerprint density at radius 1 is 0.778 bits per heavy atom. The van der Waals surface area contributed by atoms with Crippen LogP contribution in [0.2, 0.25) is 0 Å². The van der Waals surface area contributed by atoms with Crippen LogP contribution in [0.4, 0.5) is 0 Å². The molecule has 0 aromatic heterocycles. The van der Waals surface area contributed by atoms with Crippen molar-refractivity contribution in [1.82, 2.24) is 10.4 Å². The van der Waals surface area contributed by atoms with E-state index < -0.39 is 36.0 Å². The Morgan fingerprint density at radius 3 is 1.75 bits per heavy atom. The fourth-order valence-electron chi connectivity index (χ4n) is 4.33. The van der Waals surface area contributed by atoms with Gasteiger partial charge in [0, 0.05) is 0 Å². The quantitative estimate of drug-likeness (QED) is 0.115. The summed E-state index contributed by atoms with van der Waals surface area (Å²) < 4.78 is 0. The van der Waals surface area contributed by atoms with Crippen LogP contribution < -0.4 is 11.2 Å². The van der Waals surface area contributed by atoms with Gasteiger partial charge in [-0.2, -0.15) is 0 Å². The molecule has 9 nitrogen and oxygen atoms in total. The topological polar surface area (TPSA) is 153 Å². The third-order valence-electron chi connectivity index (χ3n) is 6.39. The van der Waals surface area contributed by atoms with E-state index in [1.807, 2.05) is 6.07 Å². The van der Waals surface area contributed by atoms with Crippen molar-refractivity contribution in [1.29, 1.82) is 0 Å². The minimum absolute atomic E-state index is 0.0892. The van der Waals surface area contributed by atoms with Crippen LogP contribution in [-0.4, -0.2) is 62.9 Å². The smallest absolute Gasteiger partial charge is 0.322 e. The number of benzene rings is 1. The highest BCUT2D eigenvalue weighted by molar-refractivity contribution is 5.78. The fourth-order valence-corrected chi connectivity index (χ4v) is 4.33. The number of aliphatic carboxylic acids is 3. The number of hydrazine groups is 1. The van der Waals surface area contributed by atoms with Crippen molar-refractivity contribution in [3.8, 4) is 0 Å². The number of rotatable bonds is 22. The largest absolute Gasteiger partial charge is 0.480 e. The Kier molecular flexibility index (Phi) is 16.4. The van der Waals surface area contributed by atoms with Crippen LogP contribution >= 0.6 is 0 Å². The number of carbonyl (C=O) groups is 3. The highest BCUT2D eigenvalue weighted by Gasteiger charge is 2.37. The van der Waals surface area contributed by atoms with Gasteiger partial charge in [0.25, 0.3) is 0 Å². The summed E-state index contributed by atoms with van der Waals surface area (Å²) in [5, 5.41) is 31.1. The van der Waals surface area contributed by atoms with Crippen LogP contribution in [-0.2, 0) is 20.8 Å².